The summed E-state index contributed by atoms with van der Waals surface area (Å²) in [5, 5.41) is 14.0. The molecule has 0 amide bonds. The summed E-state index contributed by atoms with van der Waals surface area (Å²) in [4.78, 5) is 4.44. The number of ether oxygens (including phenoxy) is 1. The van der Waals surface area contributed by atoms with Gasteiger partial charge in [-0.1, -0.05) is 28.5 Å². The standard InChI is InChI=1S/C19H16ClN5O2S/c1-25-18(13-3-7-14(20)8-4-13)22-23-19(25)28-11-16-21-17(24-27-16)12-5-9-15(26-2)10-6-12/h3-10H,11H2,1-2H3. The minimum Gasteiger partial charge on any atom is -0.497 e. The topological polar surface area (TPSA) is 78.9 Å². The highest BCUT2D eigenvalue weighted by Gasteiger charge is 2.14. The highest BCUT2D eigenvalue weighted by atomic mass is 35.5. The maximum absolute atomic E-state index is 5.95. The molecular weight excluding hydrogens is 398 g/mol. The van der Waals surface area contributed by atoms with Crippen LogP contribution in [-0.2, 0) is 12.8 Å². The molecule has 4 aromatic rings. The van der Waals surface area contributed by atoms with E-state index in [1.165, 1.54) is 11.8 Å². The van der Waals surface area contributed by atoms with Gasteiger partial charge in [-0.2, -0.15) is 4.98 Å². The van der Waals surface area contributed by atoms with Crippen LogP contribution >= 0.6 is 23.4 Å². The van der Waals surface area contributed by atoms with Gasteiger partial charge >= 0.3 is 0 Å². The van der Waals surface area contributed by atoms with Crippen LogP contribution in [0.25, 0.3) is 22.8 Å². The van der Waals surface area contributed by atoms with E-state index in [1.54, 1.807) is 7.11 Å². The molecule has 142 valence electrons. The van der Waals surface area contributed by atoms with Crippen LogP contribution in [0.4, 0.5) is 0 Å². The van der Waals surface area contributed by atoms with Gasteiger partial charge in [-0.05, 0) is 48.5 Å². The van der Waals surface area contributed by atoms with E-state index in [1.807, 2.05) is 60.1 Å². The summed E-state index contributed by atoms with van der Waals surface area (Å²) >= 11 is 7.43. The van der Waals surface area contributed by atoms with Crippen LogP contribution < -0.4 is 4.74 Å². The zero-order valence-corrected chi connectivity index (χ0v) is 16.7. The molecule has 0 aliphatic rings. The van der Waals surface area contributed by atoms with E-state index < -0.39 is 0 Å². The van der Waals surface area contributed by atoms with E-state index in [0.29, 0.717) is 22.5 Å². The first kappa shape index (κ1) is 18.5. The number of rotatable bonds is 6. The molecule has 28 heavy (non-hydrogen) atoms. The van der Waals surface area contributed by atoms with Gasteiger partial charge in [0.15, 0.2) is 11.0 Å². The maximum atomic E-state index is 5.95. The summed E-state index contributed by atoms with van der Waals surface area (Å²) in [6.07, 6.45) is 0. The van der Waals surface area contributed by atoms with E-state index in [4.69, 9.17) is 20.9 Å². The van der Waals surface area contributed by atoms with Crippen molar-refractivity contribution < 1.29 is 9.26 Å². The van der Waals surface area contributed by atoms with Gasteiger partial charge < -0.3 is 13.8 Å². The Balaban J connectivity index is 1.45. The Morgan fingerprint density at radius 3 is 2.46 bits per heavy atom. The molecule has 2 heterocycles. The molecule has 4 rings (SSSR count). The molecule has 0 aliphatic carbocycles. The first-order chi connectivity index (χ1) is 13.6. The van der Waals surface area contributed by atoms with Crippen molar-refractivity contribution in [3.63, 3.8) is 0 Å². The Kier molecular flexibility index (Phi) is 5.31. The Morgan fingerprint density at radius 1 is 1.04 bits per heavy atom. The third-order valence-electron chi connectivity index (χ3n) is 4.08. The van der Waals surface area contributed by atoms with Crippen molar-refractivity contribution in [3.8, 4) is 28.5 Å². The monoisotopic (exact) mass is 413 g/mol. The van der Waals surface area contributed by atoms with Gasteiger partial charge in [0, 0.05) is 23.2 Å². The predicted octanol–water partition coefficient (Wildman–Crippen LogP) is 4.49. The van der Waals surface area contributed by atoms with Crippen LogP contribution in [0.5, 0.6) is 5.75 Å². The van der Waals surface area contributed by atoms with Crippen LogP contribution in [0.3, 0.4) is 0 Å². The summed E-state index contributed by atoms with van der Waals surface area (Å²) in [7, 11) is 3.55. The van der Waals surface area contributed by atoms with Crippen molar-refractivity contribution >= 4 is 23.4 Å². The molecule has 0 aliphatic heterocycles. The normalized spacial score (nSPS) is 11.0. The second-order valence-electron chi connectivity index (χ2n) is 5.90. The fourth-order valence-corrected chi connectivity index (χ4v) is 3.46. The van der Waals surface area contributed by atoms with Gasteiger partial charge in [0.05, 0.1) is 12.9 Å². The van der Waals surface area contributed by atoms with E-state index in [0.717, 1.165) is 27.9 Å². The quantitative estimate of drug-likeness (QED) is 0.431. The summed E-state index contributed by atoms with van der Waals surface area (Å²) in [6.45, 7) is 0. The first-order valence-corrected chi connectivity index (χ1v) is 9.75. The van der Waals surface area contributed by atoms with Gasteiger partial charge in [-0.3, -0.25) is 0 Å². The number of aromatic nitrogens is 5. The molecule has 7 nitrogen and oxygen atoms in total. The average molecular weight is 414 g/mol. The van der Waals surface area contributed by atoms with Gasteiger partial charge in [0.25, 0.3) is 0 Å². The minimum absolute atomic E-state index is 0.496. The van der Waals surface area contributed by atoms with Crippen LogP contribution in [0.1, 0.15) is 5.89 Å². The second kappa shape index (κ2) is 8.04. The van der Waals surface area contributed by atoms with Crippen LogP contribution in [0.15, 0.2) is 58.2 Å². The lowest BCUT2D eigenvalue weighted by molar-refractivity contribution is 0.391. The van der Waals surface area contributed by atoms with Crippen molar-refractivity contribution in [3.05, 3.63) is 59.4 Å². The zero-order valence-electron chi connectivity index (χ0n) is 15.2. The lowest BCUT2D eigenvalue weighted by Crippen LogP contribution is -1.95. The average Bonchev–Trinajstić information content (AvgIpc) is 3.34. The summed E-state index contributed by atoms with van der Waals surface area (Å²) < 4.78 is 12.4. The Bertz CT molecular complexity index is 1080. The third-order valence-corrected chi connectivity index (χ3v) is 5.34. The Hall–Kier alpha value is -2.84. The summed E-state index contributed by atoms with van der Waals surface area (Å²) in [6, 6.07) is 15.0. The van der Waals surface area contributed by atoms with Crippen molar-refractivity contribution in [2.45, 2.75) is 10.9 Å². The molecule has 0 saturated heterocycles. The minimum atomic E-state index is 0.496. The van der Waals surface area contributed by atoms with Crippen LogP contribution in [0, 0.1) is 0 Å². The number of methoxy groups -OCH3 is 1. The molecular formula is C19H16ClN5O2S. The first-order valence-electron chi connectivity index (χ1n) is 8.39. The SMILES string of the molecule is COc1ccc(-c2noc(CSc3nnc(-c4ccc(Cl)cc4)n3C)n2)cc1. The zero-order chi connectivity index (χ0) is 19.5. The molecule has 0 atom stereocenters. The maximum Gasteiger partial charge on any atom is 0.237 e. The molecule has 0 spiro atoms. The van der Waals surface area contributed by atoms with Crippen molar-refractivity contribution in [2.24, 2.45) is 7.05 Å². The van der Waals surface area contributed by atoms with Gasteiger partial charge in [0.1, 0.15) is 5.75 Å². The molecule has 0 radical (unpaired) electrons. The highest BCUT2D eigenvalue weighted by molar-refractivity contribution is 7.98. The number of hydrogen-bond donors (Lipinski definition) is 0. The van der Waals surface area contributed by atoms with E-state index in [-0.39, 0.29) is 0 Å². The van der Waals surface area contributed by atoms with Gasteiger partial charge in [0.2, 0.25) is 11.7 Å². The van der Waals surface area contributed by atoms with E-state index in [9.17, 15) is 0 Å². The fourth-order valence-electron chi connectivity index (χ4n) is 2.59. The molecule has 0 saturated carbocycles. The smallest absolute Gasteiger partial charge is 0.237 e. The van der Waals surface area contributed by atoms with Crippen LogP contribution in [0.2, 0.25) is 5.02 Å². The second-order valence-corrected chi connectivity index (χ2v) is 7.28. The molecule has 0 unspecified atom stereocenters. The molecule has 0 fully saturated rings. The molecule has 2 aromatic carbocycles. The number of hydrogen-bond acceptors (Lipinski definition) is 7. The molecule has 0 bridgehead atoms. The predicted molar refractivity (Wildman–Crippen MR) is 107 cm³/mol. The number of benzene rings is 2. The fraction of sp³-hybridized carbons (Fsp3) is 0.158. The molecule has 0 N–H and O–H groups in total. The van der Waals surface area contributed by atoms with Crippen molar-refractivity contribution in [2.75, 3.05) is 7.11 Å². The lowest BCUT2D eigenvalue weighted by atomic mass is 10.2. The number of nitrogens with zero attached hydrogens (tertiary/aromatic N) is 5. The van der Waals surface area contributed by atoms with Crippen molar-refractivity contribution in [1.29, 1.82) is 0 Å². The van der Waals surface area contributed by atoms with E-state index in [2.05, 4.69) is 20.3 Å². The molecule has 9 heteroatoms. The van der Waals surface area contributed by atoms with Gasteiger partial charge in [-0.25, -0.2) is 0 Å². The van der Waals surface area contributed by atoms with Crippen molar-refractivity contribution in [1.82, 2.24) is 24.9 Å². The number of thioether (sulfide) groups is 1. The summed E-state index contributed by atoms with van der Waals surface area (Å²) in [5.74, 6) is 3.10. The summed E-state index contributed by atoms with van der Waals surface area (Å²) in [5.41, 5.74) is 1.82. The Morgan fingerprint density at radius 2 is 1.75 bits per heavy atom. The Labute approximate surface area is 170 Å². The lowest BCUT2D eigenvalue weighted by Gasteiger charge is -2.03. The largest absolute Gasteiger partial charge is 0.497 e. The molecule has 2 aromatic heterocycles. The highest BCUT2D eigenvalue weighted by Crippen LogP contribution is 2.26. The van der Waals surface area contributed by atoms with Crippen LogP contribution in [-0.4, -0.2) is 32.0 Å². The number of halogens is 1. The third kappa shape index (κ3) is 3.88. The van der Waals surface area contributed by atoms with E-state index >= 15 is 0 Å². The van der Waals surface area contributed by atoms with Gasteiger partial charge in [-0.15, -0.1) is 10.2 Å².